The maximum absolute atomic E-state index is 10.5. The smallest absolute Gasteiger partial charge is 0.407 e. The molecule has 0 aliphatic heterocycles. The second-order valence-electron chi connectivity index (χ2n) is 1.94. The predicted molar refractivity (Wildman–Crippen MR) is 44.0 cm³/mol. The average molecular weight is 191 g/mol. The lowest BCUT2D eigenvalue weighted by molar-refractivity contribution is 0.167. The summed E-state index contributed by atoms with van der Waals surface area (Å²) in [6.45, 7) is 0.410. The maximum Gasteiger partial charge on any atom is 0.407 e. The van der Waals surface area contributed by atoms with Crippen molar-refractivity contribution >= 4 is 12.2 Å². The third kappa shape index (κ3) is 6.88. The number of methoxy groups -OCH3 is 2. The third-order valence-corrected chi connectivity index (χ3v) is 1.09. The number of hydrogen-bond acceptors (Lipinski definition) is 5. The van der Waals surface area contributed by atoms with Gasteiger partial charge in [-0.05, 0) is 0 Å². The van der Waals surface area contributed by atoms with Gasteiger partial charge in [0, 0.05) is 0 Å². The Morgan fingerprint density at radius 3 is 1.69 bits per heavy atom. The summed E-state index contributed by atoms with van der Waals surface area (Å²) in [5, 5.41) is 7.41. The van der Waals surface area contributed by atoms with Gasteiger partial charge in [0.1, 0.15) is 0 Å². The lowest BCUT2D eigenvalue weighted by Crippen LogP contribution is -2.40. The van der Waals surface area contributed by atoms with Crippen LogP contribution in [0.3, 0.4) is 0 Å². The van der Waals surface area contributed by atoms with E-state index in [0.29, 0.717) is 0 Å². The molecule has 76 valence electrons. The van der Waals surface area contributed by atoms with Crippen LogP contribution in [0.25, 0.3) is 0 Å². The van der Waals surface area contributed by atoms with Crippen molar-refractivity contribution in [2.45, 2.75) is 0 Å². The molecule has 0 aliphatic rings. The molecule has 0 radical (unpaired) electrons. The third-order valence-electron chi connectivity index (χ3n) is 1.09. The quantitative estimate of drug-likeness (QED) is 0.400. The van der Waals surface area contributed by atoms with Gasteiger partial charge in [-0.25, -0.2) is 9.59 Å². The van der Waals surface area contributed by atoms with Crippen molar-refractivity contribution in [3.05, 3.63) is 0 Å². The van der Waals surface area contributed by atoms with Crippen LogP contribution in [0.2, 0.25) is 0 Å². The molecule has 0 aromatic rings. The summed E-state index contributed by atoms with van der Waals surface area (Å²) in [7, 11) is 2.53. The fourth-order valence-electron chi connectivity index (χ4n) is 0.476. The Bertz CT molecular complexity index is 155. The van der Waals surface area contributed by atoms with E-state index in [1.54, 1.807) is 0 Å². The van der Waals surface area contributed by atoms with Crippen molar-refractivity contribution in [1.29, 1.82) is 0 Å². The standard InChI is InChI=1S/C6H13N3O4/c1-12-5(10)8-3-7-4-9-6(11)13-2/h7H,3-4H2,1-2H3,(H,8,10)(H,9,11). The Morgan fingerprint density at radius 1 is 1.00 bits per heavy atom. The molecule has 0 aromatic carbocycles. The molecular formula is C6H13N3O4. The number of hydrogen-bond donors (Lipinski definition) is 3. The van der Waals surface area contributed by atoms with Crippen LogP contribution in [-0.4, -0.2) is 39.7 Å². The molecule has 2 amide bonds. The summed E-state index contributed by atoms with van der Waals surface area (Å²) in [5.41, 5.74) is 0. The number of amides is 2. The number of rotatable bonds is 4. The van der Waals surface area contributed by atoms with Crippen molar-refractivity contribution < 1.29 is 19.1 Å². The number of carbonyl (C=O) groups is 2. The van der Waals surface area contributed by atoms with Gasteiger partial charge >= 0.3 is 12.2 Å². The molecule has 0 bridgehead atoms. The Hall–Kier alpha value is -1.50. The highest BCUT2D eigenvalue weighted by atomic mass is 16.5. The lowest BCUT2D eigenvalue weighted by Gasteiger charge is -2.06. The van der Waals surface area contributed by atoms with Gasteiger partial charge < -0.3 is 20.1 Å². The van der Waals surface area contributed by atoms with Crippen molar-refractivity contribution in [3.63, 3.8) is 0 Å². The van der Waals surface area contributed by atoms with Crippen LogP contribution >= 0.6 is 0 Å². The van der Waals surface area contributed by atoms with E-state index in [4.69, 9.17) is 0 Å². The van der Waals surface area contributed by atoms with E-state index in [1.807, 2.05) is 0 Å². The zero-order chi connectivity index (χ0) is 10.1. The van der Waals surface area contributed by atoms with Gasteiger partial charge in [-0.3, -0.25) is 5.32 Å². The Kier molecular flexibility index (Phi) is 6.34. The van der Waals surface area contributed by atoms with Crippen molar-refractivity contribution in [2.75, 3.05) is 27.6 Å². The molecule has 0 saturated heterocycles. The van der Waals surface area contributed by atoms with E-state index in [1.165, 1.54) is 14.2 Å². The minimum atomic E-state index is -0.537. The van der Waals surface area contributed by atoms with E-state index in [9.17, 15) is 9.59 Å². The molecule has 3 N–H and O–H groups in total. The van der Waals surface area contributed by atoms with Crippen LogP contribution < -0.4 is 16.0 Å². The molecule has 7 heteroatoms. The first-order valence-electron chi connectivity index (χ1n) is 3.55. The minimum Gasteiger partial charge on any atom is -0.453 e. The molecule has 0 heterocycles. The summed E-state index contributed by atoms with van der Waals surface area (Å²) in [6, 6.07) is 0. The first-order chi connectivity index (χ1) is 6.20. The molecule has 0 unspecified atom stereocenters. The fraction of sp³-hybridized carbons (Fsp3) is 0.667. The summed E-state index contributed by atoms with van der Waals surface area (Å²) in [6.07, 6.45) is -1.07. The van der Waals surface area contributed by atoms with Gasteiger partial charge in [-0.2, -0.15) is 0 Å². The van der Waals surface area contributed by atoms with E-state index < -0.39 is 12.2 Å². The van der Waals surface area contributed by atoms with Crippen molar-refractivity contribution in [1.82, 2.24) is 16.0 Å². The molecule has 0 aliphatic carbocycles. The predicted octanol–water partition coefficient (Wildman–Crippen LogP) is -0.797. The van der Waals surface area contributed by atoms with Crippen LogP contribution in [0.5, 0.6) is 0 Å². The first kappa shape index (κ1) is 11.5. The summed E-state index contributed by atoms with van der Waals surface area (Å²) >= 11 is 0. The van der Waals surface area contributed by atoms with Crippen molar-refractivity contribution in [3.8, 4) is 0 Å². The van der Waals surface area contributed by atoms with Crippen LogP contribution in [0.4, 0.5) is 9.59 Å². The van der Waals surface area contributed by atoms with E-state index in [0.717, 1.165) is 0 Å². The summed E-state index contributed by atoms with van der Waals surface area (Å²) in [5.74, 6) is 0. The lowest BCUT2D eigenvalue weighted by atomic mass is 10.9. The fourth-order valence-corrected chi connectivity index (χ4v) is 0.476. The minimum absolute atomic E-state index is 0.205. The second kappa shape index (κ2) is 7.17. The summed E-state index contributed by atoms with van der Waals surface area (Å²) < 4.78 is 8.59. The van der Waals surface area contributed by atoms with E-state index in [-0.39, 0.29) is 13.3 Å². The molecule has 0 spiro atoms. The van der Waals surface area contributed by atoms with Crippen LogP contribution in [-0.2, 0) is 9.47 Å². The van der Waals surface area contributed by atoms with Crippen LogP contribution in [0, 0.1) is 0 Å². The van der Waals surface area contributed by atoms with Gasteiger partial charge in [0.2, 0.25) is 0 Å². The number of alkyl carbamates (subject to hydrolysis) is 2. The van der Waals surface area contributed by atoms with Crippen molar-refractivity contribution in [2.24, 2.45) is 0 Å². The highest BCUT2D eigenvalue weighted by Crippen LogP contribution is 1.68. The Labute approximate surface area is 75.8 Å². The zero-order valence-corrected chi connectivity index (χ0v) is 7.55. The van der Waals surface area contributed by atoms with Gasteiger partial charge in [0.05, 0.1) is 27.6 Å². The topological polar surface area (TPSA) is 88.7 Å². The molecule has 0 rings (SSSR count). The maximum atomic E-state index is 10.5. The number of carbonyl (C=O) groups excluding carboxylic acids is 2. The number of nitrogens with one attached hydrogen (secondary N) is 3. The number of ether oxygens (including phenoxy) is 2. The molecule has 0 aromatic heterocycles. The molecule has 7 nitrogen and oxygen atoms in total. The van der Waals surface area contributed by atoms with Gasteiger partial charge in [-0.1, -0.05) is 0 Å². The first-order valence-corrected chi connectivity index (χ1v) is 3.55. The highest BCUT2D eigenvalue weighted by molar-refractivity contribution is 5.67. The molecule has 0 fully saturated rings. The summed E-state index contributed by atoms with van der Waals surface area (Å²) in [4.78, 5) is 21.0. The Morgan fingerprint density at radius 2 is 1.38 bits per heavy atom. The molecule has 13 heavy (non-hydrogen) atoms. The zero-order valence-electron chi connectivity index (χ0n) is 7.55. The monoisotopic (exact) mass is 191 g/mol. The van der Waals surface area contributed by atoms with Crippen LogP contribution in [0.15, 0.2) is 0 Å². The van der Waals surface area contributed by atoms with Gasteiger partial charge in [-0.15, -0.1) is 0 Å². The normalized spacial score (nSPS) is 8.77. The second-order valence-corrected chi connectivity index (χ2v) is 1.94. The Balaban J connectivity index is 3.17. The highest BCUT2D eigenvalue weighted by Gasteiger charge is 1.97. The SMILES string of the molecule is COC(=O)NCNCNC(=O)OC. The van der Waals surface area contributed by atoms with Crippen LogP contribution in [0.1, 0.15) is 0 Å². The van der Waals surface area contributed by atoms with E-state index >= 15 is 0 Å². The van der Waals surface area contributed by atoms with E-state index in [2.05, 4.69) is 25.4 Å². The molecule has 0 saturated carbocycles. The molecule has 0 atom stereocenters. The average Bonchev–Trinajstić information content (AvgIpc) is 2.16. The molecular weight excluding hydrogens is 178 g/mol. The van der Waals surface area contributed by atoms with Gasteiger partial charge in [0.15, 0.2) is 0 Å². The van der Waals surface area contributed by atoms with Gasteiger partial charge in [0.25, 0.3) is 0 Å². The largest absolute Gasteiger partial charge is 0.453 e.